The van der Waals surface area contributed by atoms with Crippen LogP contribution in [0.25, 0.3) is 10.8 Å². The van der Waals surface area contributed by atoms with E-state index in [1.165, 1.54) is 0 Å². The average molecular weight is 241 g/mol. The smallest absolute Gasteiger partial charge is 0.0493 e. The minimum atomic E-state index is 0.776. The van der Waals surface area contributed by atoms with Gasteiger partial charge in [-0.2, -0.15) is 11.3 Å². The van der Waals surface area contributed by atoms with E-state index in [4.69, 9.17) is 5.73 Å². The Kier molecular flexibility index (Phi) is 2.42. The Hall–Kier alpha value is -2.07. The molecule has 2 aromatic heterocycles. The van der Waals surface area contributed by atoms with E-state index >= 15 is 0 Å². The first-order valence-electron chi connectivity index (χ1n) is 5.26. The number of anilines is 3. The molecule has 0 aliphatic carbocycles. The Bertz CT molecular complexity index is 647. The highest BCUT2D eigenvalue weighted by Crippen LogP contribution is 2.30. The first kappa shape index (κ1) is 10.1. The van der Waals surface area contributed by atoms with Crippen LogP contribution in [0.15, 0.2) is 47.4 Å². The van der Waals surface area contributed by atoms with Gasteiger partial charge in [-0.3, -0.25) is 4.98 Å². The molecule has 3 aromatic rings. The van der Waals surface area contributed by atoms with E-state index in [0.29, 0.717) is 0 Å². The molecule has 2 heterocycles. The number of aromatic nitrogens is 1. The second kappa shape index (κ2) is 4.07. The molecule has 0 bridgehead atoms. The number of nitrogens with one attached hydrogen (secondary N) is 1. The lowest BCUT2D eigenvalue weighted by Crippen LogP contribution is -1.93. The molecule has 0 amide bonds. The van der Waals surface area contributed by atoms with E-state index in [0.717, 1.165) is 27.8 Å². The van der Waals surface area contributed by atoms with Gasteiger partial charge in [-0.15, -0.1) is 0 Å². The van der Waals surface area contributed by atoms with Crippen molar-refractivity contribution in [3.05, 3.63) is 47.4 Å². The lowest BCUT2D eigenvalue weighted by Gasteiger charge is -2.09. The third kappa shape index (κ3) is 1.83. The number of thiophene rings is 1. The van der Waals surface area contributed by atoms with Gasteiger partial charge in [0.05, 0.1) is 0 Å². The molecular weight excluding hydrogens is 230 g/mol. The summed E-state index contributed by atoms with van der Waals surface area (Å²) in [6, 6.07) is 7.88. The molecule has 0 unspecified atom stereocenters. The van der Waals surface area contributed by atoms with E-state index in [1.54, 1.807) is 17.5 Å². The highest BCUT2D eigenvalue weighted by Gasteiger charge is 2.04. The molecule has 0 fully saturated rings. The first-order chi connectivity index (χ1) is 8.34. The SMILES string of the molecule is Nc1ccc(Nc2ccsc2)c2cnccc12. The summed E-state index contributed by atoms with van der Waals surface area (Å²) in [6.07, 6.45) is 3.59. The minimum absolute atomic E-state index is 0.776. The molecule has 17 heavy (non-hydrogen) atoms. The predicted molar refractivity (Wildman–Crippen MR) is 73.8 cm³/mol. The lowest BCUT2D eigenvalue weighted by atomic mass is 10.1. The maximum atomic E-state index is 5.94. The summed E-state index contributed by atoms with van der Waals surface area (Å²) in [6.45, 7) is 0. The summed E-state index contributed by atoms with van der Waals surface area (Å²) in [4.78, 5) is 4.15. The molecule has 0 saturated heterocycles. The fourth-order valence-electron chi connectivity index (χ4n) is 1.81. The van der Waals surface area contributed by atoms with Crippen LogP contribution in [-0.2, 0) is 0 Å². The number of fused-ring (bicyclic) bond motifs is 1. The minimum Gasteiger partial charge on any atom is -0.398 e. The van der Waals surface area contributed by atoms with Crippen LogP contribution in [-0.4, -0.2) is 4.98 Å². The maximum Gasteiger partial charge on any atom is 0.0493 e. The number of nitrogen functional groups attached to an aromatic ring is 1. The van der Waals surface area contributed by atoms with Crippen LogP contribution in [0.4, 0.5) is 17.1 Å². The molecular formula is C13H11N3S. The molecule has 3 N–H and O–H groups in total. The van der Waals surface area contributed by atoms with Crippen LogP contribution in [0, 0.1) is 0 Å². The summed E-state index contributed by atoms with van der Waals surface area (Å²) in [7, 11) is 0. The standard InChI is InChI=1S/C13H11N3S/c14-12-1-2-13(16-9-4-6-17-8-9)11-7-15-5-3-10(11)12/h1-8,16H,14H2. The largest absolute Gasteiger partial charge is 0.398 e. The van der Waals surface area contributed by atoms with E-state index in [2.05, 4.69) is 15.7 Å². The Labute approximate surface area is 103 Å². The fraction of sp³-hybridized carbons (Fsp3) is 0. The normalized spacial score (nSPS) is 10.6. The second-order valence-electron chi connectivity index (χ2n) is 3.76. The number of nitrogens with zero attached hydrogens (tertiary/aromatic N) is 1. The molecule has 3 nitrogen and oxygen atoms in total. The summed E-state index contributed by atoms with van der Waals surface area (Å²) in [5, 5.41) is 9.55. The van der Waals surface area contributed by atoms with Gasteiger partial charge in [-0.05, 0) is 29.6 Å². The number of benzene rings is 1. The van der Waals surface area contributed by atoms with Gasteiger partial charge in [0.2, 0.25) is 0 Å². The third-order valence-electron chi connectivity index (χ3n) is 2.65. The van der Waals surface area contributed by atoms with Gasteiger partial charge in [-0.25, -0.2) is 0 Å². The number of hydrogen-bond donors (Lipinski definition) is 2. The van der Waals surface area contributed by atoms with Crippen LogP contribution in [0.2, 0.25) is 0 Å². The van der Waals surface area contributed by atoms with Crippen LogP contribution in [0.5, 0.6) is 0 Å². The van der Waals surface area contributed by atoms with Crippen LogP contribution in [0.1, 0.15) is 0 Å². The Morgan fingerprint density at radius 1 is 1.12 bits per heavy atom. The summed E-state index contributed by atoms with van der Waals surface area (Å²) in [5.41, 5.74) is 8.84. The monoisotopic (exact) mass is 241 g/mol. The third-order valence-corrected chi connectivity index (χ3v) is 3.34. The van der Waals surface area contributed by atoms with Gasteiger partial charge in [0.15, 0.2) is 0 Å². The number of hydrogen-bond acceptors (Lipinski definition) is 4. The Morgan fingerprint density at radius 3 is 2.88 bits per heavy atom. The number of nitrogens with two attached hydrogens (primary N) is 1. The lowest BCUT2D eigenvalue weighted by molar-refractivity contribution is 1.36. The van der Waals surface area contributed by atoms with E-state index in [1.807, 2.05) is 35.8 Å². The molecule has 0 atom stereocenters. The highest BCUT2D eigenvalue weighted by atomic mass is 32.1. The Morgan fingerprint density at radius 2 is 2.06 bits per heavy atom. The molecule has 4 heteroatoms. The van der Waals surface area contributed by atoms with Crippen molar-refractivity contribution in [3.63, 3.8) is 0 Å². The summed E-state index contributed by atoms with van der Waals surface area (Å²) < 4.78 is 0. The van der Waals surface area contributed by atoms with Crippen molar-refractivity contribution in [2.75, 3.05) is 11.1 Å². The van der Waals surface area contributed by atoms with Crippen LogP contribution < -0.4 is 11.1 Å². The molecule has 0 saturated carbocycles. The zero-order valence-electron chi connectivity index (χ0n) is 9.05. The summed E-state index contributed by atoms with van der Waals surface area (Å²) >= 11 is 1.66. The maximum absolute atomic E-state index is 5.94. The molecule has 84 valence electrons. The van der Waals surface area contributed by atoms with Crippen molar-refractivity contribution < 1.29 is 0 Å². The molecule has 1 aromatic carbocycles. The van der Waals surface area contributed by atoms with E-state index in [9.17, 15) is 0 Å². The van der Waals surface area contributed by atoms with Crippen molar-refractivity contribution in [1.29, 1.82) is 0 Å². The van der Waals surface area contributed by atoms with Gasteiger partial charge in [0, 0.05) is 45.6 Å². The summed E-state index contributed by atoms with van der Waals surface area (Å²) in [5.74, 6) is 0. The van der Waals surface area contributed by atoms with Gasteiger partial charge in [0.1, 0.15) is 0 Å². The molecule has 3 rings (SSSR count). The zero-order chi connectivity index (χ0) is 11.7. The van der Waals surface area contributed by atoms with E-state index < -0.39 is 0 Å². The topological polar surface area (TPSA) is 50.9 Å². The number of pyridine rings is 1. The van der Waals surface area contributed by atoms with Crippen molar-refractivity contribution in [2.45, 2.75) is 0 Å². The van der Waals surface area contributed by atoms with Crippen LogP contribution in [0.3, 0.4) is 0 Å². The van der Waals surface area contributed by atoms with Gasteiger partial charge in [-0.1, -0.05) is 0 Å². The Balaban J connectivity index is 2.14. The van der Waals surface area contributed by atoms with E-state index in [-0.39, 0.29) is 0 Å². The van der Waals surface area contributed by atoms with Crippen molar-refractivity contribution in [3.8, 4) is 0 Å². The van der Waals surface area contributed by atoms with Crippen molar-refractivity contribution in [2.24, 2.45) is 0 Å². The molecule has 0 spiro atoms. The molecule has 0 aliphatic rings. The second-order valence-corrected chi connectivity index (χ2v) is 4.54. The van der Waals surface area contributed by atoms with Crippen LogP contribution >= 0.6 is 11.3 Å². The predicted octanol–water partition coefficient (Wildman–Crippen LogP) is 3.62. The van der Waals surface area contributed by atoms with Crippen molar-refractivity contribution in [1.82, 2.24) is 4.98 Å². The average Bonchev–Trinajstić information content (AvgIpc) is 2.86. The van der Waals surface area contributed by atoms with Crippen molar-refractivity contribution >= 4 is 39.2 Å². The fourth-order valence-corrected chi connectivity index (χ4v) is 2.40. The quantitative estimate of drug-likeness (QED) is 0.674. The van der Waals surface area contributed by atoms with Gasteiger partial charge < -0.3 is 11.1 Å². The highest BCUT2D eigenvalue weighted by molar-refractivity contribution is 7.08. The molecule has 0 radical (unpaired) electrons. The van der Waals surface area contributed by atoms with Gasteiger partial charge in [0.25, 0.3) is 0 Å². The zero-order valence-corrected chi connectivity index (χ0v) is 9.87. The first-order valence-corrected chi connectivity index (χ1v) is 6.20. The number of rotatable bonds is 2. The molecule has 0 aliphatic heterocycles. The van der Waals surface area contributed by atoms with Gasteiger partial charge >= 0.3 is 0 Å².